The summed E-state index contributed by atoms with van der Waals surface area (Å²) >= 11 is 0. The minimum absolute atomic E-state index is 0.256. The van der Waals surface area contributed by atoms with E-state index in [4.69, 9.17) is 5.73 Å². The van der Waals surface area contributed by atoms with Crippen LogP contribution in [0.4, 0.5) is 4.79 Å². The number of amidine groups is 1. The molecule has 1 aromatic rings. The molecule has 1 unspecified atom stereocenters. The Morgan fingerprint density at radius 3 is 2.80 bits per heavy atom. The normalized spacial score (nSPS) is 19.9. The van der Waals surface area contributed by atoms with E-state index in [2.05, 4.69) is 17.2 Å². The van der Waals surface area contributed by atoms with Crippen LogP contribution in [0.3, 0.4) is 0 Å². The van der Waals surface area contributed by atoms with Gasteiger partial charge < -0.3 is 11.1 Å². The van der Waals surface area contributed by atoms with Gasteiger partial charge in [-0.3, -0.25) is 0 Å². The minimum Gasteiger partial charge on any atom is -0.385 e. The highest BCUT2D eigenvalue weighted by Crippen LogP contribution is 2.21. The largest absolute Gasteiger partial charge is 0.385 e. The molecule has 1 atom stereocenters. The summed E-state index contributed by atoms with van der Waals surface area (Å²) in [6.45, 7) is 2.07. The molecule has 4 nitrogen and oxygen atoms in total. The smallest absolute Gasteiger partial charge is 0.343 e. The standard InChI is InChI=1S/C11H13N3O/c1-2-7-5-3-4-6-8(7)9-10(12)14-11(15)13-9/h3-6,9H,2H2,1H3,(H3,12,13,14,15). The number of carbonyl (C=O) groups is 1. The average molecular weight is 203 g/mol. The first-order valence-corrected chi connectivity index (χ1v) is 4.94. The fraction of sp³-hybridized carbons (Fsp3) is 0.273. The predicted molar refractivity (Wildman–Crippen MR) is 58.7 cm³/mol. The molecule has 0 aliphatic carbocycles. The highest BCUT2D eigenvalue weighted by atomic mass is 16.2. The first kappa shape index (κ1) is 9.71. The zero-order chi connectivity index (χ0) is 10.8. The van der Waals surface area contributed by atoms with Gasteiger partial charge in [0.25, 0.3) is 0 Å². The van der Waals surface area contributed by atoms with E-state index in [0.29, 0.717) is 5.84 Å². The van der Waals surface area contributed by atoms with Crippen LogP contribution in [-0.4, -0.2) is 11.9 Å². The molecule has 0 spiro atoms. The van der Waals surface area contributed by atoms with Crippen molar-refractivity contribution < 1.29 is 4.79 Å². The lowest BCUT2D eigenvalue weighted by Gasteiger charge is -2.14. The molecule has 1 aromatic carbocycles. The zero-order valence-electron chi connectivity index (χ0n) is 8.53. The van der Waals surface area contributed by atoms with Crippen LogP contribution >= 0.6 is 0 Å². The Morgan fingerprint density at radius 2 is 2.20 bits per heavy atom. The molecule has 0 fully saturated rings. The number of aryl methyl sites for hydroxylation is 1. The van der Waals surface area contributed by atoms with Crippen molar-refractivity contribution in [1.29, 1.82) is 0 Å². The summed E-state index contributed by atoms with van der Waals surface area (Å²) in [6, 6.07) is 7.31. The number of rotatable bonds is 2. The molecule has 0 radical (unpaired) electrons. The molecular weight excluding hydrogens is 190 g/mol. The number of amides is 2. The van der Waals surface area contributed by atoms with Crippen molar-refractivity contribution >= 4 is 11.9 Å². The highest BCUT2D eigenvalue weighted by Gasteiger charge is 2.26. The maximum absolute atomic E-state index is 11.1. The molecule has 1 aliphatic rings. The van der Waals surface area contributed by atoms with Crippen molar-refractivity contribution in [1.82, 2.24) is 5.32 Å². The van der Waals surface area contributed by atoms with E-state index in [1.807, 2.05) is 24.3 Å². The summed E-state index contributed by atoms with van der Waals surface area (Å²) in [6.07, 6.45) is 0.913. The zero-order valence-corrected chi connectivity index (χ0v) is 8.53. The quantitative estimate of drug-likeness (QED) is 0.762. The van der Waals surface area contributed by atoms with Gasteiger partial charge in [0.05, 0.1) is 0 Å². The monoisotopic (exact) mass is 203 g/mol. The number of benzene rings is 1. The van der Waals surface area contributed by atoms with E-state index < -0.39 is 0 Å². The SMILES string of the molecule is CCc1ccccc1C1NC(=O)N=C1N. The van der Waals surface area contributed by atoms with Gasteiger partial charge in [-0.1, -0.05) is 31.2 Å². The van der Waals surface area contributed by atoms with Gasteiger partial charge in [0.15, 0.2) is 0 Å². The first-order valence-electron chi connectivity index (χ1n) is 4.94. The summed E-state index contributed by atoms with van der Waals surface area (Å²) in [5.41, 5.74) is 7.91. The van der Waals surface area contributed by atoms with Gasteiger partial charge in [-0.15, -0.1) is 0 Å². The van der Waals surface area contributed by atoms with Crippen molar-refractivity contribution in [3.63, 3.8) is 0 Å². The van der Waals surface area contributed by atoms with Crippen molar-refractivity contribution in [3.8, 4) is 0 Å². The number of hydrogen-bond donors (Lipinski definition) is 2. The van der Waals surface area contributed by atoms with Crippen LogP contribution in [0.1, 0.15) is 24.1 Å². The van der Waals surface area contributed by atoms with Crippen molar-refractivity contribution in [2.24, 2.45) is 10.7 Å². The number of nitrogens with two attached hydrogens (primary N) is 1. The van der Waals surface area contributed by atoms with Gasteiger partial charge in [0.2, 0.25) is 0 Å². The van der Waals surface area contributed by atoms with Crippen LogP contribution in [0.15, 0.2) is 29.3 Å². The summed E-state index contributed by atoms with van der Waals surface area (Å²) in [5, 5.41) is 2.73. The molecule has 3 N–H and O–H groups in total. The van der Waals surface area contributed by atoms with E-state index in [1.165, 1.54) is 5.56 Å². The Bertz CT molecular complexity index is 426. The molecular formula is C11H13N3O. The Hall–Kier alpha value is -1.84. The predicted octanol–water partition coefficient (Wildman–Crippen LogP) is 1.37. The fourth-order valence-corrected chi connectivity index (χ4v) is 1.79. The third-order valence-electron chi connectivity index (χ3n) is 2.54. The van der Waals surface area contributed by atoms with Crippen molar-refractivity contribution in [3.05, 3.63) is 35.4 Å². The second-order valence-electron chi connectivity index (χ2n) is 3.47. The molecule has 78 valence electrons. The van der Waals surface area contributed by atoms with Gasteiger partial charge in [-0.05, 0) is 17.5 Å². The van der Waals surface area contributed by atoms with Crippen LogP contribution in [0.2, 0.25) is 0 Å². The number of aliphatic imine (C=N–C) groups is 1. The maximum Gasteiger partial charge on any atom is 0.343 e. The lowest BCUT2D eigenvalue weighted by atomic mass is 9.98. The van der Waals surface area contributed by atoms with Crippen molar-refractivity contribution in [2.45, 2.75) is 19.4 Å². The molecule has 0 bridgehead atoms. The van der Waals surface area contributed by atoms with E-state index in [0.717, 1.165) is 12.0 Å². The molecule has 15 heavy (non-hydrogen) atoms. The maximum atomic E-state index is 11.1. The van der Waals surface area contributed by atoms with Crippen molar-refractivity contribution in [2.75, 3.05) is 0 Å². The molecule has 4 heteroatoms. The number of nitrogens with one attached hydrogen (secondary N) is 1. The molecule has 2 rings (SSSR count). The van der Waals surface area contributed by atoms with Crippen LogP contribution in [0, 0.1) is 0 Å². The third kappa shape index (κ3) is 1.70. The van der Waals surface area contributed by atoms with E-state index in [-0.39, 0.29) is 12.1 Å². The van der Waals surface area contributed by atoms with E-state index >= 15 is 0 Å². The Labute approximate surface area is 88.2 Å². The fourth-order valence-electron chi connectivity index (χ4n) is 1.79. The van der Waals surface area contributed by atoms with Crippen LogP contribution in [0.25, 0.3) is 0 Å². The Morgan fingerprint density at radius 1 is 1.47 bits per heavy atom. The topological polar surface area (TPSA) is 67.5 Å². The van der Waals surface area contributed by atoms with Crippen LogP contribution in [0.5, 0.6) is 0 Å². The summed E-state index contributed by atoms with van der Waals surface area (Å²) in [5.74, 6) is 0.348. The van der Waals surface area contributed by atoms with Gasteiger partial charge in [0.1, 0.15) is 11.9 Å². The number of urea groups is 1. The Kier molecular flexibility index (Phi) is 2.41. The summed E-state index contributed by atoms with van der Waals surface area (Å²) in [7, 11) is 0. The van der Waals surface area contributed by atoms with Gasteiger partial charge in [-0.25, -0.2) is 4.79 Å². The van der Waals surface area contributed by atoms with Gasteiger partial charge >= 0.3 is 6.03 Å². The van der Waals surface area contributed by atoms with E-state index in [1.54, 1.807) is 0 Å². The second-order valence-corrected chi connectivity index (χ2v) is 3.47. The molecule has 0 saturated carbocycles. The molecule has 1 aliphatic heterocycles. The second kappa shape index (κ2) is 3.73. The highest BCUT2D eigenvalue weighted by molar-refractivity contribution is 6.03. The van der Waals surface area contributed by atoms with Crippen LogP contribution in [-0.2, 0) is 6.42 Å². The van der Waals surface area contributed by atoms with Gasteiger partial charge in [0, 0.05) is 0 Å². The molecule has 2 amide bonds. The van der Waals surface area contributed by atoms with E-state index in [9.17, 15) is 4.79 Å². The molecule has 0 aromatic heterocycles. The average Bonchev–Trinajstić information content (AvgIpc) is 2.57. The first-order chi connectivity index (χ1) is 7.22. The van der Waals surface area contributed by atoms with Gasteiger partial charge in [-0.2, -0.15) is 4.99 Å². The summed E-state index contributed by atoms with van der Waals surface area (Å²) in [4.78, 5) is 14.7. The number of nitrogens with zero attached hydrogens (tertiary/aromatic N) is 1. The number of carbonyl (C=O) groups excluding carboxylic acids is 1. The molecule has 0 saturated heterocycles. The lowest BCUT2D eigenvalue weighted by Crippen LogP contribution is -2.28. The van der Waals surface area contributed by atoms with Crippen LogP contribution < -0.4 is 11.1 Å². The minimum atomic E-state index is -0.358. The Balaban J connectivity index is 2.38. The lowest BCUT2D eigenvalue weighted by molar-refractivity contribution is 0.250. The third-order valence-corrected chi connectivity index (χ3v) is 2.54. The summed E-state index contributed by atoms with van der Waals surface area (Å²) < 4.78 is 0. The number of hydrogen-bond acceptors (Lipinski definition) is 2. The molecule has 1 heterocycles.